The van der Waals surface area contributed by atoms with Gasteiger partial charge in [-0.15, -0.1) is 0 Å². The van der Waals surface area contributed by atoms with E-state index in [1.807, 2.05) is 6.92 Å². The molecule has 1 aromatic carbocycles. The van der Waals surface area contributed by atoms with Crippen LogP contribution in [0, 0.1) is 5.82 Å². The smallest absolute Gasteiger partial charge is 0.123 e. The van der Waals surface area contributed by atoms with Crippen LogP contribution in [-0.2, 0) is 6.42 Å². The average Bonchev–Trinajstić information content (AvgIpc) is 2.58. The number of hydrogen-bond acceptors (Lipinski definition) is 3. The first-order valence-corrected chi connectivity index (χ1v) is 6.59. The molecule has 0 aromatic heterocycles. The standard InChI is InChI=1S/C12H16FNOS/c1-8(14)6-16-7-11-5-9-4-10(13)2-3-12(9)15-11/h2-4,8,11H,5-7,14H2,1H3. The third kappa shape index (κ3) is 2.89. The zero-order valence-corrected chi connectivity index (χ0v) is 10.1. The van der Waals surface area contributed by atoms with Crippen molar-refractivity contribution in [1.29, 1.82) is 0 Å². The van der Waals surface area contributed by atoms with Crippen molar-refractivity contribution < 1.29 is 9.13 Å². The first kappa shape index (κ1) is 11.7. The highest BCUT2D eigenvalue weighted by Crippen LogP contribution is 2.30. The Bertz CT molecular complexity index is 370. The molecular formula is C12H16FNOS. The molecule has 1 aliphatic rings. The number of rotatable bonds is 4. The van der Waals surface area contributed by atoms with E-state index in [0.717, 1.165) is 29.2 Å². The van der Waals surface area contributed by atoms with Crippen molar-refractivity contribution >= 4 is 11.8 Å². The van der Waals surface area contributed by atoms with Gasteiger partial charge in [0.05, 0.1) is 0 Å². The van der Waals surface area contributed by atoms with Crippen molar-refractivity contribution in [2.24, 2.45) is 5.73 Å². The second kappa shape index (κ2) is 5.06. The molecule has 2 rings (SSSR count). The van der Waals surface area contributed by atoms with E-state index in [-0.39, 0.29) is 18.0 Å². The van der Waals surface area contributed by atoms with Gasteiger partial charge in [-0.25, -0.2) is 4.39 Å². The Labute approximate surface area is 99.4 Å². The van der Waals surface area contributed by atoms with Gasteiger partial charge in [0.15, 0.2) is 0 Å². The molecular weight excluding hydrogens is 225 g/mol. The van der Waals surface area contributed by atoms with Crippen molar-refractivity contribution in [3.63, 3.8) is 0 Å². The lowest BCUT2D eigenvalue weighted by Crippen LogP contribution is -2.21. The Kier molecular flexibility index (Phi) is 3.71. The molecule has 2 N–H and O–H groups in total. The van der Waals surface area contributed by atoms with Crippen LogP contribution < -0.4 is 10.5 Å². The minimum atomic E-state index is -0.189. The molecule has 0 aliphatic carbocycles. The van der Waals surface area contributed by atoms with Crippen LogP contribution >= 0.6 is 11.8 Å². The van der Waals surface area contributed by atoms with Crippen LogP contribution in [0.1, 0.15) is 12.5 Å². The Morgan fingerprint density at radius 3 is 3.19 bits per heavy atom. The molecule has 0 radical (unpaired) electrons. The summed E-state index contributed by atoms with van der Waals surface area (Å²) in [7, 11) is 0. The van der Waals surface area contributed by atoms with Gasteiger partial charge in [0.1, 0.15) is 17.7 Å². The number of ether oxygens (including phenoxy) is 1. The summed E-state index contributed by atoms with van der Waals surface area (Å²) in [6.45, 7) is 1.99. The van der Waals surface area contributed by atoms with Gasteiger partial charge in [-0.2, -0.15) is 11.8 Å². The van der Waals surface area contributed by atoms with Gasteiger partial charge >= 0.3 is 0 Å². The third-order valence-electron chi connectivity index (χ3n) is 2.45. The Morgan fingerprint density at radius 1 is 1.62 bits per heavy atom. The quantitative estimate of drug-likeness (QED) is 0.877. The Balaban J connectivity index is 1.86. The number of nitrogens with two attached hydrogens (primary N) is 1. The zero-order valence-electron chi connectivity index (χ0n) is 9.28. The summed E-state index contributed by atoms with van der Waals surface area (Å²) in [6, 6.07) is 4.93. The van der Waals surface area contributed by atoms with E-state index in [9.17, 15) is 4.39 Å². The van der Waals surface area contributed by atoms with Gasteiger partial charge in [-0.1, -0.05) is 0 Å². The number of thioether (sulfide) groups is 1. The summed E-state index contributed by atoms with van der Waals surface area (Å²) in [6.07, 6.45) is 0.972. The molecule has 0 saturated heterocycles. The summed E-state index contributed by atoms with van der Waals surface area (Å²) < 4.78 is 18.7. The highest BCUT2D eigenvalue weighted by atomic mass is 32.2. The predicted octanol–water partition coefficient (Wildman–Crippen LogP) is 2.21. The highest BCUT2D eigenvalue weighted by Gasteiger charge is 2.22. The van der Waals surface area contributed by atoms with E-state index < -0.39 is 0 Å². The maximum absolute atomic E-state index is 13.0. The van der Waals surface area contributed by atoms with Crippen LogP contribution in [0.25, 0.3) is 0 Å². The molecule has 88 valence electrons. The molecule has 0 amide bonds. The van der Waals surface area contributed by atoms with Gasteiger partial charge < -0.3 is 10.5 Å². The van der Waals surface area contributed by atoms with Gasteiger partial charge in [0.25, 0.3) is 0 Å². The van der Waals surface area contributed by atoms with E-state index in [1.165, 1.54) is 6.07 Å². The van der Waals surface area contributed by atoms with Gasteiger partial charge in [0.2, 0.25) is 0 Å². The lowest BCUT2D eigenvalue weighted by atomic mass is 10.1. The molecule has 16 heavy (non-hydrogen) atoms. The van der Waals surface area contributed by atoms with E-state index in [0.29, 0.717) is 0 Å². The second-order valence-electron chi connectivity index (χ2n) is 4.21. The van der Waals surface area contributed by atoms with Crippen LogP contribution in [0.3, 0.4) is 0 Å². The van der Waals surface area contributed by atoms with Crippen LogP contribution in [0.5, 0.6) is 5.75 Å². The van der Waals surface area contributed by atoms with E-state index >= 15 is 0 Å². The molecule has 1 aromatic rings. The number of halogens is 1. The molecule has 2 atom stereocenters. The van der Waals surface area contributed by atoms with Crippen LogP contribution in [-0.4, -0.2) is 23.7 Å². The minimum absolute atomic E-state index is 0.167. The van der Waals surface area contributed by atoms with Gasteiger partial charge in [-0.05, 0) is 25.1 Å². The first-order chi connectivity index (χ1) is 7.65. The van der Waals surface area contributed by atoms with Crippen LogP contribution in [0.2, 0.25) is 0 Å². The number of benzene rings is 1. The molecule has 0 fully saturated rings. The van der Waals surface area contributed by atoms with Crippen molar-refractivity contribution in [3.05, 3.63) is 29.6 Å². The van der Waals surface area contributed by atoms with Gasteiger partial charge in [-0.3, -0.25) is 0 Å². The zero-order chi connectivity index (χ0) is 11.5. The molecule has 4 heteroatoms. The molecule has 1 heterocycles. The molecule has 2 nitrogen and oxygen atoms in total. The van der Waals surface area contributed by atoms with E-state index in [1.54, 1.807) is 23.9 Å². The Hall–Kier alpha value is -0.740. The second-order valence-corrected chi connectivity index (χ2v) is 5.29. The molecule has 1 aliphatic heterocycles. The molecule has 2 unspecified atom stereocenters. The summed E-state index contributed by atoms with van der Waals surface area (Å²) in [5, 5.41) is 0. The SMILES string of the molecule is CC(N)CSCC1Cc2cc(F)ccc2O1. The van der Waals surface area contributed by atoms with E-state index in [2.05, 4.69) is 0 Å². The van der Waals surface area contributed by atoms with Crippen molar-refractivity contribution in [1.82, 2.24) is 0 Å². The van der Waals surface area contributed by atoms with Crippen molar-refractivity contribution in [3.8, 4) is 5.75 Å². The fourth-order valence-corrected chi connectivity index (χ4v) is 2.72. The maximum Gasteiger partial charge on any atom is 0.123 e. The summed E-state index contributed by atoms with van der Waals surface area (Å²) >= 11 is 1.79. The third-order valence-corrected chi connectivity index (χ3v) is 3.82. The van der Waals surface area contributed by atoms with Crippen molar-refractivity contribution in [2.45, 2.75) is 25.5 Å². The number of hydrogen-bond donors (Lipinski definition) is 1. The van der Waals surface area contributed by atoms with Crippen molar-refractivity contribution in [2.75, 3.05) is 11.5 Å². The highest BCUT2D eigenvalue weighted by molar-refractivity contribution is 7.99. The molecule has 0 bridgehead atoms. The Morgan fingerprint density at radius 2 is 2.44 bits per heavy atom. The largest absolute Gasteiger partial charge is 0.489 e. The summed E-state index contributed by atoms with van der Waals surface area (Å²) in [5.41, 5.74) is 6.65. The summed E-state index contributed by atoms with van der Waals surface area (Å²) in [5.74, 6) is 2.49. The topological polar surface area (TPSA) is 35.2 Å². The lowest BCUT2D eigenvalue weighted by Gasteiger charge is -2.11. The fourth-order valence-electron chi connectivity index (χ4n) is 1.77. The fraction of sp³-hybridized carbons (Fsp3) is 0.500. The van der Waals surface area contributed by atoms with E-state index in [4.69, 9.17) is 10.5 Å². The first-order valence-electron chi connectivity index (χ1n) is 5.43. The monoisotopic (exact) mass is 241 g/mol. The summed E-state index contributed by atoms with van der Waals surface area (Å²) in [4.78, 5) is 0. The minimum Gasteiger partial charge on any atom is -0.489 e. The molecule has 0 saturated carbocycles. The molecule has 0 spiro atoms. The maximum atomic E-state index is 13.0. The number of fused-ring (bicyclic) bond motifs is 1. The van der Waals surface area contributed by atoms with Crippen LogP contribution in [0.15, 0.2) is 18.2 Å². The lowest BCUT2D eigenvalue weighted by molar-refractivity contribution is 0.259. The average molecular weight is 241 g/mol. The van der Waals surface area contributed by atoms with Crippen LogP contribution in [0.4, 0.5) is 4.39 Å². The van der Waals surface area contributed by atoms with Gasteiger partial charge in [0, 0.05) is 29.5 Å². The normalized spacial score (nSPS) is 20.3. The predicted molar refractivity (Wildman–Crippen MR) is 65.5 cm³/mol.